The Bertz CT molecular complexity index is 607. The van der Waals surface area contributed by atoms with Crippen LogP contribution in [0.3, 0.4) is 0 Å². The molecule has 0 aliphatic heterocycles. The van der Waals surface area contributed by atoms with Crippen LogP contribution in [-0.2, 0) is 6.54 Å². The van der Waals surface area contributed by atoms with Crippen LogP contribution < -0.4 is 5.73 Å². The minimum absolute atomic E-state index is 0.180. The largest absolute Gasteiger partial charge is 0.459 e. The number of anilines is 1. The molecular formula is C14H15ClN2O2. The van der Waals surface area contributed by atoms with Crippen molar-refractivity contribution in [3.63, 3.8) is 0 Å². The Labute approximate surface area is 116 Å². The number of benzene rings is 1. The summed E-state index contributed by atoms with van der Waals surface area (Å²) in [7, 11) is 1.70. The minimum Gasteiger partial charge on any atom is -0.459 e. The van der Waals surface area contributed by atoms with Gasteiger partial charge < -0.3 is 15.1 Å². The molecule has 2 rings (SSSR count). The van der Waals surface area contributed by atoms with Gasteiger partial charge >= 0.3 is 0 Å². The summed E-state index contributed by atoms with van der Waals surface area (Å²) in [6.07, 6.45) is 1.50. The van der Waals surface area contributed by atoms with E-state index in [1.54, 1.807) is 36.2 Å². The first-order valence-corrected chi connectivity index (χ1v) is 6.20. The Morgan fingerprint density at radius 3 is 2.79 bits per heavy atom. The van der Waals surface area contributed by atoms with E-state index in [4.69, 9.17) is 21.8 Å². The van der Waals surface area contributed by atoms with E-state index in [1.165, 1.54) is 6.26 Å². The maximum absolute atomic E-state index is 12.2. The first-order chi connectivity index (χ1) is 8.99. The Balaban J connectivity index is 2.17. The number of hydrogen-bond donors (Lipinski definition) is 1. The molecule has 0 aliphatic carbocycles. The molecule has 0 aliphatic rings. The van der Waals surface area contributed by atoms with Crippen LogP contribution in [0.1, 0.15) is 21.7 Å². The predicted octanol–water partition coefficient (Wildman–Crippen LogP) is 3.10. The summed E-state index contributed by atoms with van der Waals surface area (Å²) in [5.74, 6) is 0.170. The molecule has 0 saturated carbocycles. The van der Waals surface area contributed by atoms with E-state index >= 15 is 0 Å². The molecule has 1 aromatic carbocycles. The highest BCUT2D eigenvalue weighted by Gasteiger charge is 2.18. The second kappa shape index (κ2) is 5.36. The van der Waals surface area contributed by atoms with Gasteiger partial charge in [0.25, 0.3) is 5.91 Å². The van der Waals surface area contributed by atoms with Gasteiger partial charge in [-0.3, -0.25) is 4.79 Å². The number of halogens is 1. The van der Waals surface area contributed by atoms with Crippen molar-refractivity contribution in [1.29, 1.82) is 0 Å². The monoisotopic (exact) mass is 278 g/mol. The zero-order chi connectivity index (χ0) is 14.0. The first-order valence-electron chi connectivity index (χ1n) is 5.82. The number of furan rings is 1. The SMILES string of the molecule is Cc1ccoc1C(=O)N(C)Cc1cc(N)ccc1Cl. The zero-order valence-corrected chi connectivity index (χ0v) is 11.6. The van der Waals surface area contributed by atoms with Crippen molar-refractivity contribution in [2.24, 2.45) is 0 Å². The smallest absolute Gasteiger partial charge is 0.289 e. The highest BCUT2D eigenvalue weighted by molar-refractivity contribution is 6.31. The fourth-order valence-corrected chi connectivity index (χ4v) is 1.99. The molecule has 0 saturated heterocycles. The van der Waals surface area contributed by atoms with Crippen molar-refractivity contribution in [1.82, 2.24) is 4.90 Å². The van der Waals surface area contributed by atoms with Crippen LogP contribution in [0.2, 0.25) is 5.02 Å². The Hall–Kier alpha value is -1.94. The lowest BCUT2D eigenvalue weighted by atomic mass is 10.2. The maximum atomic E-state index is 12.2. The third kappa shape index (κ3) is 2.90. The molecule has 19 heavy (non-hydrogen) atoms. The van der Waals surface area contributed by atoms with Crippen LogP contribution in [0.4, 0.5) is 5.69 Å². The second-order valence-corrected chi connectivity index (χ2v) is 4.85. The van der Waals surface area contributed by atoms with E-state index in [1.807, 2.05) is 6.92 Å². The molecular weight excluding hydrogens is 264 g/mol. The number of amides is 1. The van der Waals surface area contributed by atoms with Crippen molar-refractivity contribution in [3.05, 3.63) is 52.4 Å². The number of carbonyl (C=O) groups is 1. The average Bonchev–Trinajstić information content (AvgIpc) is 2.79. The van der Waals surface area contributed by atoms with Crippen molar-refractivity contribution < 1.29 is 9.21 Å². The number of nitrogens with two attached hydrogens (primary N) is 1. The number of aryl methyl sites for hydroxylation is 1. The van der Waals surface area contributed by atoms with Gasteiger partial charge in [-0.15, -0.1) is 0 Å². The van der Waals surface area contributed by atoms with Crippen molar-refractivity contribution in [2.45, 2.75) is 13.5 Å². The lowest BCUT2D eigenvalue weighted by Crippen LogP contribution is -2.26. The summed E-state index contributed by atoms with van der Waals surface area (Å²) in [5.41, 5.74) is 7.96. The van der Waals surface area contributed by atoms with Gasteiger partial charge in [0.1, 0.15) is 0 Å². The number of hydrogen-bond acceptors (Lipinski definition) is 3. The lowest BCUT2D eigenvalue weighted by molar-refractivity contribution is 0.0752. The number of nitrogens with zero attached hydrogens (tertiary/aromatic N) is 1. The molecule has 2 aromatic rings. The molecule has 4 nitrogen and oxygen atoms in total. The van der Waals surface area contributed by atoms with Gasteiger partial charge in [0, 0.05) is 29.9 Å². The Morgan fingerprint density at radius 1 is 1.42 bits per heavy atom. The lowest BCUT2D eigenvalue weighted by Gasteiger charge is -2.17. The fourth-order valence-electron chi connectivity index (χ4n) is 1.81. The molecule has 0 atom stereocenters. The highest BCUT2D eigenvalue weighted by atomic mass is 35.5. The summed E-state index contributed by atoms with van der Waals surface area (Å²) in [5, 5.41) is 0.588. The third-order valence-electron chi connectivity index (χ3n) is 2.88. The zero-order valence-electron chi connectivity index (χ0n) is 10.8. The van der Waals surface area contributed by atoms with Crippen molar-refractivity contribution in [2.75, 3.05) is 12.8 Å². The van der Waals surface area contributed by atoms with Gasteiger partial charge in [0.15, 0.2) is 5.76 Å². The van der Waals surface area contributed by atoms with E-state index in [-0.39, 0.29) is 5.91 Å². The van der Waals surface area contributed by atoms with E-state index in [2.05, 4.69) is 0 Å². The van der Waals surface area contributed by atoms with E-state index in [9.17, 15) is 4.79 Å². The van der Waals surface area contributed by atoms with Gasteiger partial charge in [0.2, 0.25) is 0 Å². The van der Waals surface area contributed by atoms with Crippen LogP contribution in [0.15, 0.2) is 34.9 Å². The van der Waals surface area contributed by atoms with Crippen LogP contribution in [0.25, 0.3) is 0 Å². The van der Waals surface area contributed by atoms with Crippen molar-refractivity contribution in [3.8, 4) is 0 Å². The number of carbonyl (C=O) groups excluding carboxylic acids is 1. The molecule has 2 N–H and O–H groups in total. The van der Waals surface area contributed by atoms with Crippen molar-refractivity contribution >= 4 is 23.2 Å². The Morgan fingerprint density at radius 2 is 2.16 bits per heavy atom. The van der Waals surface area contributed by atoms with E-state index < -0.39 is 0 Å². The summed E-state index contributed by atoms with van der Waals surface area (Å²) in [6.45, 7) is 2.21. The molecule has 1 amide bonds. The fraction of sp³-hybridized carbons (Fsp3) is 0.214. The molecule has 0 unspecified atom stereocenters. The molecule has 0 spiro atoms. The molecule has 0 radical (unpaired) electrons. The molecule has 1 aromatic heterocycles. The summed E-state index contributed by atoms with van der Waals surface area (Å²) < 4.78 is 5.19. The van der Waals surface area contributed by atoms with Gasteiger partial charge in [-0.05, 0) is 36.8 Å². The summed E-state index contributed by atoms with van der Waals surface area (Å²) in [4.78, 5) is 13.7. The van der Waals surface area contributed by atoms with Crippen LogP contribution >= 0.6 is 11.6 Å². The number of nitrogen functional groups attached to an aromatic ring is 1. The summed E-state index contributed by atoms with van der Waals surface area (Å²) >= 11 is 6.08. The topological polar surface area (TPSA) is 59.5 Å². The third-order valence-corrected chi connectivity index (χ3v) is 3.25. The first kappa shape index (κ1) is 13.5. The van der Waals surface area contributed by atoms with Crippen LogP contribution in [0, 0.1) is 6.92 Å². The van der Waals surface area contributed by atoms with Gasteiger partial charge in [-0.2, -0.15) is 0 Å². The minimum atomic E-state index is -0.180. The van der Waals surface area contributed by atoms with Crippen LogP contribution in [0.5, 0.6) is 0 Å². The quantitative estimate of drug-likeness (QED) is 0.878. The second-order valence-electron chi connectivity index (χ2n) is 4.44. The van der Waals surface area contributed by atoms with Gasteiger partial charge in [-0.25, -0.2) is 0 Å². The average molecular weight is 279 g/mol. The maximum Gasteiger partial charge on any atom is 0.289 e. The highest BCUT2D eigenvalue weighted by Crippen LogP contribution is 2.21. The summed E-state index contributed by atoms with van der Waals surface area (Å²) in [6, 6.07) is 6.97. The number of rotatable bonds is 3. The van der Waals surface area contributed by atoms with Gasteiger partial charge in [-0.1, -0.05) is 11.6 Å². The van der Waals surface area contributed by atoms with Gasteiger partial charge in [0.05, 0.1) is 6.26 Å². The van der Waals surface area contributed by atoms with Crippen LogP contribution in [-0.4, -0.2) is 17.9 Å². The van der Waals surface area contributed by atoms with E-state index in [0.717, 1.165) is 11.1 Å². The molecule has 5 heteroatoms. The predicted molar refractivity (Wildman–Crippen MR) is 75.1 cm³/mol. The molecule has 100 valence electrons. The standard InChI is InChI=1S/C14H15ClN2O2/c1-9-5-6-19-13(9)14(18)17(2)8-10-7-11(16)3-4-12(10)15/h3-7H,8,16H2,1-2H3. The molecule has 0 bridgehead atoms. The Kier molecular flexibility index (Phi) is 3.81. The normalized spacial score (nSPS) is 10.5. The van der Waals surface area contributed by atoms with E-state index in [0.29, 0.717) is 23.0 Å². The molecule has 0 fully saturated rings. The molecule has 1 heterocycles.